The highest BCUT2D eigenvalue weighted by Gasteiger charge is 2.44. The molecule has 0 bridgehead atoms. The number of aromatic nitrogens is 4. The predicted octanol–water partition coefficient (Wildman–Crippen LogP) is 8.87. The van der Waals surface area contributed by atoms with Gasteiger partial charge in [-0.2, -0.15) is 18.3 Å². The summed E-state index contributed by atoms with van der Waals surface area (Å²) in [5.74, 6) is -1.56. The maximum atomic E-state index is 13.9. The fourth-order valence-electron chi connectivity index (χ4n) is 8.99. The minimum atomic E-state index is -4.45. The van der Waals surface area contributed by atoms with Gasteiger partial charge in [0.15, 0.2) is 11.4 Å². The molecule has 73 heavy (non-hydrogen) atoms. The number of carbonyl (C=O) groups excluding carboxylic acids is 5. The third-order valence-electron chi connectivity index (χ3n) is 12.9. The number of hydrogen-bond acceptors (Lipinski definition) is 10. The third kappa shape index (κ3) is 14.2. The zero-order valence-corrected chi connectivity index (χ0v) is 42.9. The van der Waals surface area contributed by atoms with Crippen molar-refractivity contribution in [2.75, 3.05) is 39.5 Å². The van der Waals surface area contributed by atoms with Crippen LogP contribution in [0.1, 0.15) is 106 Å². The van der Waals surface area contributed by atoms with E-state index in [-0.39, 0.29) is 43.5 Å². The zero-order valence-electron chi connectivity index (χ0n) is 42.1. The van der Waals surface area contributed by atoms with Gasteiger partial charge in [-0.1, -0.05) is 77.1 Å². The number of amides is 4. The molecular formula is C54H65F3N8O7S. The quantitative estimate of drug-likeness (QED) is 0.0500. The number of fused-ring (bicyclic) bond motifs is 3. The third-order valence-corrected chi connectivity index (χ3v) is 13.9. The number of halogens is 3. The molecule has 2 atom stereocenters. The molecule has 4 heterocycles. The Labute approximate surface area is 427 Å². The second kappa shape index (κ2) is 24.5. The van der Waals surface area contributed by atoms with Crippen molar-refractivity contribution >= 4 is 62.7 Å². The van der Waals surface area contributed by atoms with Crippen molar-refractivity contribution in [3.63, 3.8) is 0 Å². The molecule has 3 aromatic heterocycles. The van der Waals surface area contributed by atoms with Crippen molar-refractivity contribution < 1.29 is 46.6 Å². The Morgan fingerprint density at radius 2 is 1.52 bits per heavy atom. The van der Waals surface area contributed by atoms with Crippen LogP contribution >= 0.6 is 11.3 Å². The highest BCUT2D eigenvalue weighted by Crippen LogP contribution is 2.35. The van der Waals surface area contributed by atoms with Gasteiger partial charge in [-0.25, -0.2) is 4.98 Å². The first-order valence-corrected chi connectivity index (χ1v) is 25.7. The molecule has 7 rings (SSSR count). The summed E-state index contributed by atoms with van der Waals surface area (Å²) in [4.78, 5) is 72.9. The molecule has 0 saturated carbocycles. The van der Waals surface area contributed by atoms with E-state index in [0.717, 1.165) is 83.1 Å². The smallest absolute Gasteiger partial charge is 0.379 e. The van der Waals surface area contributed by atoms with Crippen LogP contribution in [-0.2, 0) is 48.4 Å². The van der Waals surface area contributed by atoms with Crippen LogP contribution in [0.25, 0.3) is 38.1 Å². The van der Waals surface area contributed by atoms with E-state index in [0.29, 0.717) is 61.8 Å². The van der Waals surface area contributed by atoms with Gasteiger partial charge in [0.05, 0.1) is 53.5 Å². The molecule has 1 aliphatic rings. The fraction of sp³-hybridized carbons (Fsp3) is 0.463. The molecule has 1 saturated heterocycles. The number of thiazole rings is 1. The Kier molecular flexibility index (Phi) is 18.3. The number of ether oxygens (including phenoxy) is 2. The molecule has 0 spiro atoms. The van der Waals surface area contributed by atoms with E-state index in [1.54, 1.807) is 45.8 Å². The number of rotatable bonds is 24. The summed E-state index contributed by atoms with van der Waals surface area (Å²) in [6.45, 7) is 9.63. The van der Waals surface area contributed by atoms with E-state index >= 15 is 0 Å². The van der Waals surface area contributed by atoms with E-state index < -0.39 is 41.1 Å². The van der Waals surface area contributed by atoms with Crippen molar-refractivity contribution in [1.29, 1.82) is 0 Å². The summed E-state index contributed by atoms with van der Waals surface area (Å²) in [5.41, 5.74) is 5.53. The number of likely N-dealkylation sites (tertiary alicyclic amines) is 1. The number of aryl methyl sites for hydroxylation is 2. The molecular weight excluding hydrogens is 962 g/mol. The van der Waals surface area contributed by atoms with Crippen LogP contribution in [0.5, 0.6) is 0 Å². The first kappa shape index (κ1) is 54.3. The minimum Gasteiger partial charge on any atom is -0.379 e. The van der Waals surface area contributed by atoms with E-state index in [9.17, 15) is 37.1 Å². The molecule has 1 aliphatic heterocycles. The first-order valence-electron chi connectivity index (χ1n) is 24.9. The van der Waals surface area contributed by atoms with E-state index in [2.05, 4.69) is 26.0 Å². The molecule has 6 aromatic rings. The van der Waals surface area contributed by atoms with Crippen molar-refractivity contribution in [3.8, 4) is 16.1 Å². The molecule has 1 fully saturated rings. The van der Waals surface area contributed by atoms with Gasteiger partial charge in [0.2, 0.25) is 17.7 Å². The molecule has 15 nitrogen and oxygen atoms in total. The van der Waals surface area contributed by atoms with E-state index in [1.807, 2.05) is 63.7 Å². The van der Waals surface area contributed by atoms with Crippen LogP contribution in [-0.4, -0.2) is 105 Å². The van der Waals surface area contributed by atoms with E-state index in [1.165, 1.54) is 17.0 Å². The Morgan fingerprint density at radius 3 is 2.19 bits per heavy atom. The number of hydrogen-bond donors (Lipinski definition) is 3. The molecule has 390 valence electrons. The van der Waals surface area contributed by atoms with Crippen molar-refractivity contribution in [1.82, 2.24) is 40.2 Å². The number of Topliss-reactive ketones (excluding diaryl/α,β-unsaturated/α-hetero) is 1. The SMILES string of the molecule is Cc1ncsc1-c1ccc(CNC(=O)[C@@H]2CC(=O)CN2C(=O)[C@@H](NC(=O)CCCCCCCCCOCCOCCNC(=O)c2ccc3c(c2)c2cn(C)nc2n3-c2ccc(C(F)(F)F)cc2)C(C)(C)C)cc1. The van der Waals surface area contributed by atoms with Crippen molar-refractivity contribution in [2.45, 2.75) is 110 Å². The second-order valence-corrected chi connectivity index (χ2v) is 20.5. The minimum absolute atomic E-state index is 0.0700. The number of ketones is 1. The van der Waals surface area contributed by atoms with Crippen molar-refractivity contribution in [2.24, 2.45) is 12.5 Å². The summed E-state index contributed by atoms with van der Waals surface area (Å²) in [6, 6.07) is 16.1. The highest BCUT2D eigenvalue weighted by molar-refractivity contribution is 7.13. The van der Waals surface area contributed by atoms with Gasteiger partial charge in [-0.15, -0.1) is 11.3 Å². The van der Waals surface area contributed by atoms with Gasteiger partial charge >= 0.3 is 6.18 Å². The van der Waals surface area contributed by atoms with Crippen LogP contribution in [0.15, 0.2) is 78.4 Å². The summed E-state index contributed by atoms with van der Waals surface area (Å²) in [6.07, 6.45) is 4.10. The largest absolute Gasteiger partial charge is 0.416 e. The van der Waals surface area contributed by atoms with Gasteiger partial charge in [0.25, 0.3) is 5.91 Å². The highest BCUT2D eigenvalue weighted by atomic mass is 32.1. The summed E-state index contributed by atoms with van der Waals surface area (Å²) in [7, 11) is 1.76. The molecule has 0 radical (unpaired) electrons. The normalized spacial score (nSPS) is 14.5. The van der Waals surface area contributed by atoms with Crippen LogP contribution in [0.4, 0.5) is 13.2 Å². The number of nitrogens with one attached hydrogen (secondary N) is 3. The summed E-state index contributed by atoms with van der Waals surface area (Å²) >= 11 is 1.57. The molecule has 0 unspecified atom stereocenters. The van der Waals surface area contributed by atoms with Crippen LogP contribution in [0.2, 0.25) is 0 Å². The van der Waals surface area contributed by atoms with Gasteiger partial charge < -0.3 is 30.3 Å². The second-order valence-electron chi connectivity index (χ2n) is 19.6. The maximum absolute atomic E-state index is 13.9. The molecule has 0 aliphatic carbocycles. The van der Waals surface area contributed by atoms with Gasteiger partial charge in [-0.05, 0) is 78.8 Å². The lowest BCUT2D eigenvalue weighted by Crippen LogP contribution is -2.57. The first-order chi connectivity index (χ1) is 34.9. The average molecular weight is 1030 g/mol. The van der Waals surface area contributed by atoms with Crippen LogP contribution < -0.4 is 16.0 Å². The molecule has 19 heteroatoms. The molecule has 3 N–H and O–H groups in total. The summed E-state index contributed by atoms with van der Waals surface area (Å²) < 4.78 is 54.4. The number of alkyl halides is 3. The predicted molar refractivity (Wildman–Crippen MR) is 274 cm³/mol. The number of nitrogens with zero attached hydrogens (tertiary/aromatic N) is 5. The lowest BCUT2D eigenvalue weighted by atomic mass is 9.85. The topological polar surface area (TPSA) is 179 Å². The number of carbonyl (C=O) groups is 5. The number of benzene rings is 3. The molecule has 3 aromatic carbocycles. The van der Waals surface area contributed by atoms with Gasteiger partial charge in [-0.3, -0.25) is 33.2 Å². The zero-order chi connectivity index (χ0) is 52.3. The van der Waals surface area contributed by atoms with E-state index in [4.69, 9.17) is 9.47 Å². The van der Waals surface area contributed by atoms with Gasteiger partial charge in [0, 0.05) is 67.8 Å². The lowest BCUT2D eigenvalue weighted by molar-refractivity contribution is -0.144. The average Bonchev–Trinajstić information content (AvgIpc) is 4.14. The Morgan fingerprint density at radius 1 is 0.836 bits per heavy atom. The van der Waals surface area contributed by atoms with Crippen molar-refractivity contribution in [3.05, 3.63) is 101 Å². The monoisotopic (exact) mass is 1030 g/mol. The fourth-order valence-corrected chi connectivity index (χ4v) is 9.80. The number of unbranched alkanes of at least 4 members (excludes halogenated alkanes) is 6. The maximum Gasteiger partial charge on any atom is 0.416 e. The Balaban J connectivity index is 0.724. The van der Waals surface area contributed by atoms with Crippen LogP contribution in [0, 0.1) is 12.3 Å². The standard InChI is InChI=1S/C54H65F3N8O7S/c1-35-47(73-34-60-35)37-16-14-36(15-17-37)31-59-51(69)45-30-41(66)32-64(45)52(70)48(53(2,3)4)61-46(67)13-11-9-7-6-8-10-12-25-71-27-28-72-26-24-58-50(68)38-18-23-44-42(29-38)43-33-63(5)62-49(43)65(44)40-21-19-39(20-22-40)54(55,56)57/h14-23,29,33-34,45,48H,6-13,24-28,30-32H2,1-5H3,(H,58,68)(H,59,69)(H,61,67)/t45-,48+/m0/s1. The van der Waals surface area contributed by atoms with Gasteiger partial charge in [0.1, 0.15) is 12.1 Å². The summed E-state index contributed by atoms with van der Waals surface area (Å²) in [5, 5.41) is 14.8. The Bertz CT molecular complexity index is 2870. The van der Waals surface area contributed by atoms with Crippen LogP contribution in [0.3, 0.4) is 0 Å². The Hall–Kier alpha value is -6.44. The molecule has 4 amide bonds. The lowest BCUT2D eigenvalue weighted by Gasteiger charge is -2.35.